The molecule has 14 heavy (non-hydrogen) atoms. The standard InChI is InChI=1S/C8H7Br2NO3/c1-14-7-4-5(11(12)13)2-3-6(7)8(9)10/h2-4,8H,1H3. The zero-order chi connectivity index (χ0) is 10.7. The first kappa shape index (κ1) is 11.5. The number of alkyl halides is 2. The Morgan fingerprint density at radius 3 is 2.57 bits per heavy atom. The Balaban J connectivity index is 3.18. The Kier molecular flexibility index (Phi) is 3.88. The largest absolute Gasteiger partial charge is 0.496 e. The van der Waals surface area contributed by atoms with Crippen molar-refractivity contribution >= 4 is 37.5 Å². The Morgan fingerprint density at radius 2 is 2.14 bits per heavy atom. The lowest BCUT2D eigenvalue weighted by Gasteiger charge is -2.08. The highest BCUT2D eigenvalue weighted by atomic mass is 79.9. The Labute approximate surface area is 97.7 Å². The molecule has 0 fully saturated rings. The topological polar surface area (TPSA) is 52.4 Å². The highest BCUT2D eigenvalue weighted by Crippen LogP contribution is 2.37. The molecular weight excluding hydrogens is 318 g/mol. The molecule has 0 saturated carbocycles. The van der Waals surface area contributed by atoms with Gasteiger partial charge in [0.1, 0.15) is 5.75 Å². The molecule has 0 aromatic heterocycles. The number of methoxy groups -OCH3 is 1. The monoisotopic (exact) mass is 323 g/mol. The average molecular weight is 325 g/mol. The van der Waals surface area contributed by atoms with Gasteiger partial charge in [0.05, 0.1) is 21.8 Å². The molecule has 0 radical (unpaired) electrons. The van der Waals surface area contributed by atoms with Crippen molar-refractivity contribution in [3.8, 4) is 5.75 Å². The molecular formula is C8H7Br2NO3. The lowest BCUT2D eigenvalue weighted by atomic mass is 10.2. The second kappa shape index (κ2) is 4.75. The molecule has 0 aliphatic heterocycles. The van der Waals surface area contributed by atoms with Crippen molar-refractivity contribution in [3.63, 3.8) is 0 Å². The number of ether oxygens (including phenoxy) is 1. The van der Waals surface area contributed by atoms with Crippen molar-refractivity contribution in [2.75, 3.05) is 7.11 Å². The minimum absolute atomic E-state index is 0.0197. The summed E-state index contributed by atoms with van der Waals surface area (Å²) in [5.74, 6) is 0.484. The van der Waals surface area contributed by atoms with Gasteiger partial charge in [-0.25, -0.2) is 0 Å². The minimum atomic E-state index is -0.455. The minimum Gasteiger partial charge on any atom is -0.496 e. The van der Waals surface area contributed by atoms with E-state index in [0.29, 0.717) is 5.75 Å². The third kappa shape index (κ3) is 2.45. The molecule has 0 amide bonds. The van der Waals surface area contributed by atoms with Gasteiger partial charge in [-0.3, -0.25) is 10.1 Å². The molecule has 0 aliphatic rings. The maximum absolute atomic E-state index is 10.5. The molecule has 6 heteroatoms. The van der Waals surface area contributed by atoms with Gasteiger partial charge in [-0.05, 0) is 6.07 Å². The first-order valence-electron chi connectivity index (χ1n) is 3.66. The zero-order valence-electron chi connectivity index (χ0n) is 7.24. The number of hydrogen-bond donors (Lipinski definition) is 0. The van der Waals surface area contributed by atoms with Crippen molar-refractivity contribution in [1.82, 2.24) is 0 Å². The van der Waals surface area contributed by atoms with Crippen molar-refractivity contribution in [3.05, 3.63) is 33.9 Å². The van der Waals surface area contributed by atoms with E-state index in [2.05, 4.69) is 31.9 Å². The Morgan fingerprint density at radius 1 is 1.50 bits per heavy atom. The van der Waals surface area contributed by atoms with E-state index in [1.165, 1.54) is 19.2 Å². The number of halogens is 2. The summed E-state index contributed by atoms with van der Waals surface area (Å²) in [7, 11) is 1.48. The van der Waals surface area contributed by atoms with E-state index in [9.17, 15) is 10.1 Å². The lowest BCUT2D eigenvalue weighted by Crippen LogP contribution is -1.94. The maximum atomic E-state index is 10.5. The van der Waals surface area contributed by atoms with E-state index in [0.717, 1.165) is 5.56 Å². The molecule has 76 valence electrons. The fourth-order valence-electron chi connectivity index (χ4n) is 0.994. The lowest BCUT2D eigenvalue weighted by molar-refractivity contribution is -0.384. The van der Waals surface area contributed by atoms with Crippen LogP contribution in [0.2, 0.25) is 0 Å². The van der Waals surface area contributed by atoms with Crippen LogP contribution < -0.4 is 4.74 Å². The van der Waals surface area contributed by atoms with Crippen LogP contribution in [0.25, 0.3) is 0 Å². The summed E-state index contributed by atoms with van der Waals surface area (Å²) in [4.78, 5) is 10.0. The fraction of sp³-hybridized carbons (Fsp3) is 0.250. The molecule has 0 bridgehead atoms. The Hall–Kier alpha value is -0.620. The fourth-order valence-corrected chi connectivity index (χ4v) is 1.75. The molecule has 0 spiro atoms. The van der Waals surface area contributed by atoms with Crippen molar-refractivity contribution in [2.24, 2.45) is 0 Å². The van der Waals surface area contributed by atoms with E-state index < -0.39 is 4.92 Å². The number of nitro benzene ring substituents is 1. The summed E-state index contributed by atoms with van der Waals surface area (Å²) in [6, 6.07) is 4.48. The molecule has 0 atom stereocenters. The molecule has 0 aliphatic carbocycles. The number of benzene rings is 1. The van der Waals surface area contributed by atoms with Gasteiger partial charge in [0, 0.05) is 11.6 Å². The van der Waals surface area contributed by atoms with Crippen molar-refractivity contribution < 1.29 is 9.66 Å². The van der Waals surface area contributed by atoms with E-state index >= 15 is 0 Å². The molecule has 1 aromatic carbocycles. The van der Waals surface area contributed by atoms with E-state index in [-0.39, 0.29) is 9.42 Å². The van der Waals surface area contributed by atoms with Crippen LogP contribution in [0.1, 0.15) is 9.30 Å². The SMILES string of the molecule is COc1cc([N+](=O)[O-])ccc1C(Br)Br. The quantitative estimate of drug-likeness (QED) is 0.486. The smallest absolute Gasteiger partial charge is 0.273 e. The molecule has 0 saturated heterocycles. The molecule has 4 nitrogen and oxygen atoms in total. The van der Waals surface area contributed by atoms with E-state index in [1.54, 1.807) is 6.07 Å². The van der Waals surface area contributed by atoms with Crippen molar-refractivity contribution in [2.45, 2.75) is 3.74 Å². The van der Waals surface area contributed by atoms with Gasteiger partial charge in [-0.15, -0.1) is 0 Å². The van der Waals surface area contributed by atoms with Crippen LogP contribution in [-0.2, 0) is 0 Å². The first-order chi connectivity index (χ1) is 6.56. The predicted molar refractivity (Wildman–Crippen MR) is 60.2 cm³/mol. The number of non-ortho nitro benzene ring substituents is 1. The van der Waals surface area contributed by atoms with Gasteiger partial charge in [-0.2, -0.15) is 0 Å². The molecule has 1 rings (SSSR count). The zero-order valence-corrected chi connectivity index (χ0v) is 10.4. The van der Waals surface area contributed by atoms with Crippen LogP contribution in [0, 0.1) is 10.1 Å². The molecule has 0 unspecified atom stereocenters. The van der Waals surface area contributed by atoms with Gasteiger partial charge in [0.2, 0.25) is 0 Å². The van der Waals surface area contributed by atoms with Crippen LogP contribution >= 0.6 is 31.9 Å². The van der Waals surface area contributed by atoms with Crippen molar-refractivity contribution in [1.29, 1.82) is 0 Å². The average Bonchev–Trinajstić information content (AvgIpc) is 2.16. The first-order valence-corrected chi connectivity index (χ1v) is 5.50. The summed E-state index contributed by atoms with van der Waals surface area (Å²) in [5.41, 5.74) is 0.837. The highest BCUT2D eigenvalue weighted by molar-refractivity contribution is 9.24. The third-order valence-corrected chi connectivity index (χ3v) is 2.65. The number of nitro groups is 1. The Bertz CT molecular complexity index is 354. The number of rotatable bonds is 3. The molecule has 0 N–H and O–H groups in total. The van der Waals surface area contributed by atoms with Gasteiger partial charge < -0.3 is 4.74 Å². The summed E-state index contributed by atoms with van der Waals surface area (Å²) < 4.78 is 4.96. The normalized spacial score (nSPS) is 10.3. The van der Waals surface area contributed by atoms with Gasteiger partial charge in [0.25, 0.3) is 5.69 Å². The third-order valence-electron chi connectivity index (χ3n) is 1.66. The number of hydrogen-bond acceptors (Lipinski definition) is 3. The summed E-state index contributed by atoms with van der Waals surface area (Å²) in [5, 5.41) is 10.5. The van der Waals surface area contributed by atoms with Crippen LogP contribution in [0.15, 0.2) is 18.2 Å². The highest BCUT2D eigenvalue weighted by Gasteiger charge is 2.14. The van der Waals surface area contributed by atoms with Gasteiger partial charge in [0.15, 0.2) is 0 Å². The maximum Gasteiger partial charge on any atom is 0.273 e. The van der Waals surface area contributed by atoms with E-state index in [4.69, 9.17) is 4.74 Å². The molecule has 1 aromatic rings. The van der Waals surface area contributed by atoms with Crippen LogP contribution in [0.4, 0.5) is 5.69 Å². The summed E-state index contributed by atoms with van der Waals surface area (Å²) in [6.07, 6.45) is 0. The van der Waals surface area contributed by atoms with Crippen LogP contribution in [-0.4, -0.2) is 12.0 Å². The molecule has 0 heterocycles. The second-order valence-corrected chi connectivity index (χ2v) is 5.54. The summed E-state index contributed by atoms with van der Waals surface area (Å²) >= 11 is 6.61. The van der Waals surface area contributed by atoms with E-state index in [1.807, 2.05) is 0 Å². The van der Waals surface area contributed by atoms with Gasteiger partial charge in [-0.1, -0.05) is 31.9 Å². The van der Waals surface area contributed by atoms with Crippen LogP contribution in [0.5, 0.6) is 5.75 Å². The van der Waals surface area contributed by atoms with Crippen LogP contribution in [0.3, 0.4) is 0 Å². The second-order valence-electron chi connectivity index (χ2n) is 2.48. The number of nitrogens with zero attached hydrogens (tertiary/aromatic N) is 1. The summed E-state index contributed by atoms with van der Waals surface area (Å²) in [6.45, 7) is 0. The predicted octanol–water partition coefficient (Wildman–Crippen LogP) is 3.39. The van der Waals surface area contributed by atoms with Gasteiger partial charge >= 0.3 is 0 Å².